The van der Waals surface area contributed by atoms with Crippen molar-refractivity contribution in [3.05, 3.63) is 11.9 Å². The Morgan fingerprint density at radius 1 is 0.821 bits per heavy atom. The highest BCUT2D eigenvalue weighted by Crippen LogP contribution is 2.34. The summed E-state index contributed by atoms with van der Waals surface area (Å²) in [5.74, 6) is 0. The Morgan fingerprint density at radius 3 is 2.11 bits per heavy atom. The highest BCUT2D eigenvalue weighted by molar-refractivity contribution is 5.07. The summed E-state index contributed by atoms with van der Waals surface area (Å²) in [6, 6.07) is 0. The zero-order valence-electron chi connectivity index (χ0n) is 14.7. The summed E-state index contributed by atoms with van der Waals surface area (Å²) >= 11 is 0. The fourth-order valence-electron chi connectivity index (χ4n) is 3.41. The molecule has 3 heterocycles. The number of aliphatic hydroxyl groups is 8. The maximum absolute atomic E-state index is 10.2. The smallest absolute Gasteiger partial charge is 0.180 e. The van der Waals surface area contributed by atoms with E-state index in [0.717, 1.165) is 4.68 Å². The third-order valence-corrected chi connectivity index (χ3v) is 5.07. The van der Waals surface area contributed by atoms with Gasteiger partial charge < -0.3 is 50.3 Å². The molecule has 0 spiro atoms. The molecule has 2 aliphatic heterocycles. The van der Waals surface area contributed by atoms with Gasteiger partial charge in [-0.3, -0.25) is 0 Å². The lowest BCUT2D eigenvalue weighted by Gasteiger charge is -2.40. The average molecular weight is 407 g/mol. The Bertz CT molecular complexity index is 645. The van der Waals surface area contributed by atoms with Gasteiger partial charge >= 0.3 is 0 Å². The summed E-state index contributed by atoms with van der Waals surface area (Å²) in [6.07, 6.45) is -12.5. The average Bonchev–Trinajstić information content (AvgIpc) is 3.16. The van der Waals surface area contributed by atoms with Crippen molar-refractivity contribution in [2.75, 3.05) is 13.2 Å². The van der Waals surface area contributed by atoms with Gasteiger partial charge in [-0.05, 0) is 6.42 Å². The van der Waals surface area contributed by atoms with Crippen LogP contribution in [0.1, 0.15) is 24.4 Å². The Morgan fingerprint density at radius 2 is 1.46 bits per heavy atom. The van der Waals surface area contributed by atoms with Gasteiger partial charge in [0, 0.05) is 6.61 Å². The van der Waals surface area contributed by atoms with Crippen molar-refractivity contribution in [2.24, 2.45) is 0 Å². The molecule has 160 valence electrons. The molecule has 0 saturated carbocycles. The molecule has 2 fully saturated rings. The third kappa shape index (κ3) is 3.78. The second-order valence-corrected chi connectivity index (χ2v) is 6.92. The van der Waals surface area contributed by atoms with Crippen molar-refractivity contribution in [3.63, 3.8) is 0 Å². The summed E-state index contributed by atoms with van der Waals surface area (Å²) in [4.78, 5) is 0. The van der Waals surface area contributed by atoms with Crippen molar-refractivity contribution < 1.29 is 50.3 Å². The molecule has 0 aliphatic carbocycles. The van der Waals surface area contributed by atoms with Gasteiger partial charge in [-0.15, -0.1) is 5.10 Å². The number of aliphatic hydroxyl groups excluding tert-OH is 8. The molecule has 2 saturated heterocycles. The van der Waals surface area contributed by atoms with Crippen molar-refractivity contribution in [1.29, 1.82) is 0 Å². The molecule has 13 heteroatoms. The molecule has 3 rings (SSSR count). The van der Waals surface area contributed by atoms with E-state index in [-0.39, 0.29) is 18.7 Å². The first-order chi connectivity index (χ1) is 13.3. The fraction of sp³-hybridized carbons (Fsp3) is 0.867. The predicted molar refractivity (Wildman–Crippen MR) is 86.4 cm³/mol. The Hall–Kier alpha value is -1.26. The van der Waals surface area contributed by atoms with E-state index in [1.165, 1.54) is 6.20 Å². The summed E-state index contributed by atoms with van der Waals surface area (Å²) in [5.41, 5.74) is 0.0401. The van der Waals surface area contributed by atoms with Crippen molar-refractivity contribution in [3.8, 4) is 0 Å². The summed E-state index contributed by atoms with van der Waals surface area (Å²) in [5, 5.41) is 86.0. The van der Waals surface area contributed by atoms with Crippen LogP contribution in [-0.4, -0.2) is 118 Å². The molecule has 8 N–H and O–H groups in total. The first kappa shape index (κ1) is 21.4. The molecule has 10 atom stereocenters. The number of hydrogen-bond acceptors (Lipinski definition) is 12. The molecule has 0 aromatic carbocycles. The molecule has 0 amide bonds. The molecule has 28 heavy (non-hydrogen) atoms. The van der Waals surface area contributed by atoms with Crippen molar-refractivity contribution >= 4 is 0 Å². The van der Waals surface area contributed by atoms with Gasteiger partial charge in [0.25, 0.3) is 0 Å². The van der Waals surface area contributed by atoms with Crippen LogP contribution in [0.2, 0.25) is 0 Å². The number of hydrogen-bond donors (Lipinski definition) is 8. The minimum Gasteiger partial charge on any atom is -0.396 e. The van der Waals surface area contributed by atoms with Crippen LogP contribution < -0.4 is 0 Å². The van der Waals surface area contributed by atoms with Crippen LogP contribution in [0.4, 0.5) is 0 Å². The molecule has 2 aliphatic rings. The van der Waals surface area contributed by atoms with Gasteiger partial charge in [-0.25, -0.2) is 4.68 Å². The maximum atomic E-state index is 10.2. The lowest BCUT2D eigenvalue weighted by atomic mass is 9.92. The SMILES string of the molecule is OCC[C@H]1O[C@H](c2cn([C@H]3O[C@H](CO)[C@@H](O)[C@H](O)[C@@H]3O)nn2)[C@@H](O)[C@@H](O)[C@@H]1O. The van der Waals surface area contributed by atoms with Crippen LogP contribution in [0.25, 0.3) is 0 Å². The lowest BCUT2D eigenvalue weighted by molar-refractivity contribution is -0.254. The van der Waals surface area contributed by atoms with E-state index in [1.807, 2.05) is 0 Å². The van der Waals surface area contributed by atoms with Gasteiger partial charge in [-0.2, -0.15) is 0 Å². The minimum atomic E-state index is -1.61. The summed E-state index contributed by atoms with van der Waals surface area (Å²) < 4.78 is 11.9. The highest BCUT2D eigenvalue weighted by Gasteiger charge is 2.47. The molecule has 0 radical (unpaired) electrons. The first-order valence-electron chi connectivity index (χ1n) is 8.82. The normalized spacial score (nSPS) is 44.6. The quantitative estimate of drug-likeness (QED) is 0.231. The maximum Gasteiger partial charge on any atom is 0.180 e. The highest BCUT2D eigenvalue weighted by atomic mass is 16.6. The van der Waals surface area contributed by atoms with Gasteiger partial charge in [-0.1, -0.05) is 5.21 Å². The molecular formula is C15H25N3O10. The second-order valence-electron chi connectivity index (χ2n) is 6.92. The van der Waals surface area contributed by atoms with E-state index in [4.69, 9.17) is 14.6 Å². The van der Waals surface area contributed by atoms with E-state index in [9.17, 15) is 35.7 Å². The zero-order valence-corrected chi connectivity index (χ0v) is 14.7. The molecule has 13 nitrogen and oxygen atoms in total. The summed E-state index contributed by atoms with van der Waals surface area (Å²) in [7, 11) is 0. The number of rotatable bonds is 5. The Labute approximate surface area is 159 Å². The van der Waals surface area contributed by atoms with Crippen LogP contribution >= 0.6 is 0 Å². The zero-order chi connectivity index (χ0) is 20.6. The molecule has 1 aromatic rings. The van der Waals surface area contributed by atoms with Gasteiger partial charge in [0.2, 0.25) is 0 Å². The van der Waals surface area contributed by atoms with Crippen LogP contribution in [0.3, 0.4) is 0 Å². The summed E-state index contributed by atoms with van der Waals surface area (Å²) in [6.45, 7) is -0.921. The lowest BCUT2D eigenvalue weighted by Crippen LogP contribution is -2.56. The van der Waals surface area contributed by atoms with Crippen LogP contribution in [0.15, 0.2) is 6.20 Å². The molecule has 0 unspecified atom stereocenters. The third-order valence-electron chi connectivity index (χ3n) is 5.07. The number of aromatic nitrogens is 3. The van der Waals surface area contributed by atoms with Crippen LogP contribution in [0.5, 0.6) is 0 Å². The van der Waals surface area contributed by atoms with E-state index in [2.05, 4.69) is 10.3 Å². The largest absolute Gasteiger partial charge is 0.396 e. The van der Waals surface area contributed by atoms with E-state index < -0.39 is 67.8 Å². The Balaban J connectivity index is 1.81. The van der Waals surface area contributed by atoms with E-state index >= 15 is 0 Å². The van der Waals surface area contributed by atoms with E-state index in [1.54, 1.807) is 0 Å². The predicted octanol–water partition coefficient (Wildman–Crippen LogP) is -4.84. The van der Waals surface area contributed by atoms with Crippen LogP contribution in [0, 0.1) is 0 Å². The standard InChI is InChI=1S/C15H25N3O10/c19-2-1-6-8(21)10(23)12(25)14(27-6)5-3-18(17-16-5)15-13(26)11(24)9(22)7(4-20)28-15/h3,6-15,19-26H,1-2,4H2/t6-,7-,8-,9-,10+,11+,12+,13+,14-,15+/m1/s1. The number of nitrogens with zero attached hydrogens (tertiary/aromatic N) is 3. The van der Waals surface area contributed by atoms with Gasteiger partial charge in [0.05, 0.1) is 18.9 Å². The van der Waals surface area contributed by atoms with Gasteiger partial charge in [0.1, 0.15) is 54.5 Å². The molecular weight excluding hydrogens is 382 g/mol. The topological polar surface area (TPSA) is 211 Å². The van der Waals surface area contributed by atoms with Crippen molar-refractivity contribution in [2.45, 2.75) is 67.6 Å². The van der Waals surface area contributed by atoms with Gasteiger partial charge in [0.15, 0.2) is 6.23 Å². The minimum absolute atomic E-state index is 0.0162. The first-order valence-corrected chi connectivity index (χ1v) is 8.82. The molecule has 0 bridgehead atoms. The Kier molecular flexibility index (Phi) is 6.61. The number of ether oxygens (including phenoxy) is 2. The van der Waals surface area contributed by atoms with E-state index in [0.29, 0.717) is 0 Å². The monoisotopic (exact) mass is 407 g/mol. The van der Waals surface area contributed by atoms with Crippen molar-refractivity contribution in [1.82, 2.24) is 15.0 Å². The second kappa shape index (κ2) is 8.62. The fourth-order valence-corrected chi connectivity index (χ4v) is 3.41. The molecule has 1 aromatic heterocycles. The van der Waals surface area contributed by atoms with Crippen LogP contribution in [-0.2, 0) is 9.47 Å².